The molecule has 0 spiro atoms. The average Bonchev–Trinajstić information content (AvgIpc) is 2.21. The molecule has 0 radical (unpaired) electrons. The minimum atomic E-state index is -0.379. The fourth-order valence-corrected chi connectivity index (χ4v) is 0.916. The van der Waals surface area contributed by atoms with Crippen molar-refractivity contribution in [1.29, 1.82) is 0 Å². The van der Waals surface area contributed by atoms with E-state index in [4.69, 9.17) is 4.74 Å². The standard InChI is InChI=1S/C10H18O4/c1-3-4-5-8-14-10(12)7-6-9(11)13-2/h3-8H2,1-2H3. The monoisotopic (exact) mass is 202 g/mol. The minimum Gasteiger partial charge on any atom is -0.469 e. The highest BCUT2D eigenvalue weighted by Crippen LogP contribution is 1.98. The summed E-state index contributed by atoms with van der Waals surface area (Å²) in [5, 5.41) is 0. The molecular formula is C10H18O4. The zero-order valence-electron chi connectivity index (χ0n) is 8.88. The molecule has 0 saturated heterocycles. The van der Waals surface area contributed by atoms with Gasteiger partial charge >= 0.3 is 11.9 Å². The van der Waals surface area contributed by atoms with Gasteiger partial charge in [0.15, 0.2) is 0 Å². The van der Waals surface area contributed by atoms with Crippen molar-refractivity contribution in [3.8, 4) is 0 Å². The van der Waals surface area contributed by atoms with Gasteiger partial charge in [-0.2, -0.15) is 0 Å². The third-order valence-corrected chi connectivity index (χ3v) is 1.77. The maximum atomic E-state index is 11.0. The lowest BCUT2D eigenvalue weighted by Gasteiger charge is -2.03. The highest BCUT2D eigenvalue weighted by molar-refractivity contribution is 5.77. The lowest BCUT2D eigenvalue weighted by Crippen LogP contribution is -2.09. The normalized spacial score (nSPS) is 9.57. The Morgan fingerprint density at radius 1 is 1.07 bits per heavy atom. The van der Waals surface area contributed by atoms with Gasteiger partial charge in [0.2, 0.25) is 0 Å². The summed E-state index contributed by atoms with van der Waals surface area (Å²) in [6.45, 7) is 2.53. The highest BCUT2D eigenvalue weighted by Gasteiger charge is 2.07. The van der Waals surface area contributed by atoms with Crippen LogP contribution in [-0.4, -0.2) is 25.7 Å². The maximum absolute atomic E-state index is 11.0. The van der Waals surface area contributed by atoms with Crippen LogP contribution in [0.15, 0.2) is 0 Å². The number of hydrogen-bond donors (Lipinski definition) is 0. The van der Waals surface area contributed by atoms with Crippen LogP contribution < -0.4 is 0 Å². The van der Waals surface area contributed by atoms with E-state index in [1.807, 2.05) is 0 Å². The van der Waals surface area contributed by atoms with E-state index >= 15 is 0 Å². The van der Waals surface area contributed by atoms with Crippen molar-refractivity contribution in [1.82, 2.24) is 0 Å². The molecule has 0 rings (SSSR count). The predicted octanol–water partition coefficient (Wildman–Crippen LogP) is 1.67. The van der Waals surface area contributed by atoms with Crippen molar-refractivity contribution in [3.63, 3.8) is 0 Å². The van der Waals surface area contributed by atoms with E-state index in [2.05, 4.69) is 11.7 Å². The van der Waals surface area contributed by atoms with Gasteiger partial charge in [-0.1, -0.05) is 19.8 Å². The Labute approximate surface area is 84.6 Å². The van der Waals surface area contributed by atoms with E-state index in [-0.39, 0.29) is 24.8 Å². The Morgan fingerprint density at radius 3 is 2.29 bits per heavy atom. The number of rotatable bonds is 7. The lowest BCUT2D eigenvalue weighted by molar-refractivity contribution is -0.149. The molecule has 0 aromatic rings. The molecule has 0 amide bonds. The van der Waals surface area contributed by atoms with Gasteiger partial charge < -0.3 is 9.47 Å². The number of methoxy groups -OCH3 is 1. The second kappa shape index (κ2) is 8.53. The van der Waals surface area contributed by atoms with Crippen molar-refractivity contribution >= 4 is 11.9 Å². The fraction of sp³-hybridized carbons (Fsp3) is 0.800. The lowest BCUT2D eigenvalue weighted by atomic mass is 10.3. The van der Waals surface area contributed by atoms with Gasteiger partial charge in [0.05, 0.1) is 26.6 Å². The second-order valence-corrected chi connectivity index (χ2v) is 3.00. The number of ether oxygens (including phenoxy) is 2. The van der Waals surface area contributed by atoms with E-state index in [0.717, 1.165) is 19.3 Å². The first-order valence-electron chi connectivity index (χ1n) is 4.93. The summed E-state index contributed by atoms with van der Waals surface area (Å²) >= 11 is 0. The molecular weight excluding hydrogens is 184 g/mol. The molecule has 0 bridgehead atoms. The van der Waals surface area contributed by atoms with Crippen molar-refractivity contribution in [2.24, 2.45) is 0 Å². The number of unbranched alkanes of at least 4 members (excludes halogenated alkanes) is 2. The zero-order valence-corrected chi connectivity index (χ0v) is 8.88. The molecule has 0 aliphatic heterocycles. The van der Waals surface area contributed by atoms with Gasteiger partial charge in [0, 0.05) is 0 Å². The summed E-state index contributed by atoms with van der Waals surface area (Å²) in [6.07, 6.45) is 3.26. The Morgan fingerprint density at radius 2 is 1.71 bits per heavy atom. The van der Waals surface area contributed by atoms with Crippen LogP contribution >= 0.6 is 0 Å². The van der Waals surface area contributed by atoms with Crippen LogP contribution in [0, 0.1) is 0 Å². The topological polar surface area (TPSA) is 52.6 Å². The highest BCUT2D eigenvalue weighted by atomic mass is 16.5. The summed E-state index contributed by atoms with van der Waals surface area (Å²) in [4.78, 5) is 21.7. The zero-order chi connectivity index (χ0) is 10.8. The summed E-state index contributed by atoms with van der Waals surface area (Å²) in [7, 11) is 1.30. The summed E-state index contributed by atoms with van der Waals surface area (Å²) < 4.78 is 9.29. The van der Waals surface area contributed by atoms with Crippen molar-refractivity contribution < 1.29 is 19.1 Å². The Kier molecular flexibility index (Phi) is 7.89. The van der Waals surface area contributed by atoms with E-state index < -0.39 is 0 Å². The van der Waals surface area contributed by atoms with Gasteiger partial charge in [0.25, 0.3) is 0 Å². The van der Waals surface area contributed by atoms with Crippen molar-refractivity contribution in [2.45, 2.75) is 39.0 Å². The number of esters is 2. The van der Waals surface area contributed by atoms with E-state index in [9.17, 15) is 9.59 Å². The molecule has 0 N–H and O–H groups in total. The number of hydrogen-bond acceptors (Lipinski definition) is 4. The van der Waals surface area contributed by atoms with Gasteiger partial charge in [-0.15, -0.1) is 0 Å². The van der Waals surface area contributed by atoms with Gasteiger partial charge in [-0.25, -0.2) is 0 Å². The quantitative estimate of drug-likeness (QED) is 0.465. The Balaban J connectivity index is 3.32. The van der Waals surface area contributed by atoms with Crippen molar-refractivity contribution in [2.75, 3.05) is 13.7 Å². The molecule has 4 heteroatoms. The van der Waals surface area contributed by atoms with Gasteiger partial charge in [0.1, 0.15) is 0 Å². The predicted molar refractivity (Wildman–Crippen MR) is 51.7 cm³/mol. The largest absolute Gasteiger partial charge is 0.469 e. The van der Waals surface area contributed by atoms with E-state index in [1.54, 1.807) is 0 Å². The van der Waals surface area contributed by atoms with Crippen LogP contribution in [-0.2, 0) is 19.1 Å². The molecule has 0 unspecified atom stereocenters. The molecule has 4 nitrogen and oxygen atoms in total. The average molecular weight is 202 g/mol. The first-order valence-corrected chi connectivity index (χ1v) is 4.93. The molecule has 0 aromatic heterocycles. The van der Waals surface area contributed by atoms with Crippen LogP contribution in [0.1, 0.15) is 39.0 Å². The maximum Gasteiger partial charge on any atom is 0.306 e. The van der Waals surface area contributed by atoms with Gasteiger partial charge in [-0.05, 0) is 6.42 Å². The fourth-order valence-electron chi connectivity index (χ4n) is 0.916. The Hall–Kier alpha value is -1.06. The molecule has 0 aliphatic rings. The molecule has 82 valence electrons. The SMILES string of the molecule is CCCCCOC(=O)CCC(=O)OC. The van der Waals surface area contributed by atoms with Crippen LogP contribution in [0.2, 0.25) is 0 Å². The number of carbonyl (C=O) groups is 2. The molecule has 0 heterocycles. The van der Waals surface area contributed by atoms with Gasteiger partial charge in [-0.3, -0.25) is 9.59 Å². The van der Waals surface area contributed by atoms with E-state index in [1.165, 1.54) is 7.11 Å². The molecule has 0 aromatic carbocycles. The molecule has 0 saturated carbocycles. The third kappa shape index (κ3) is 7.58. The van der Waals surface area contributed by atoms with Crippen LogP contribution in [0.4, 0.5) is 0 Å². The first kappa shape index (κ1) is 12.9. The minimum absolute atomic E-state index is 0.100. The molecule has 0 fully saturated rings. The molecule has 0 aliphatic carbocycles. The van der Waals surface area contributed by atoms with Crippen LogP contribution in [0.25, 0.3) is 0 Å². The van der Waals surface area contributed by atoms with Crippen LogP contribution in [0.5, 0.6) is 0 Å². The third-order valence-electron chi connectivity index (χ3n) is 1.77. The van der Waals surface area contributed by atoms with Crippen molar-refractivity contribution in [3.05, 3.63) is 0 Å². The summed E-state index contributed by atoms with van der Waals surface area (Å²) in [5.41, 5.74) is 0. The smallest absolute Gasteiger partial charge is 0.306 e. The van der Waals surface area contributed by atoms with E-state index in [0.29, 0.717) is 6.61 Å². The summed E-state index contributed by atoms with van der Waals surface area (Å²) in [6, 6.07) is 0. The first-order chi connectivity index (χ1) is 6.70. The second-order valence-electron chi connectivity index (χ2n) is 3.00. The number of carbonyl (C=O) groups excluding carboxylic acids is 2. The molecule has 14 heavy (non-hydrogen) atoms. The molecule has 0 atom stereocenters. The van der Waals surface area contributed by atoms with Crippen LogP contribution in [0.3, 0.4) is 0 Å². The Bertz CT molecular complexity index is 177. The summed E-state index contributed by atoms with van der Waals surface area (Å²) in [5.74, 6) is -0.706.